The number of carbonyl (C=O) groups is 1. The van der Waals surface area contributed by atoms with Crippen LogP contribution in [-0.4, -0.2) is 25.2 Å². The molecule has 1 amide bonds. The third-order valence-corrected chi connectivity index (χ3v) is 5.04. The highest BCUT2D eigenvalue weighted by Crippen LogP contribution is 2.48. The molecule has 1 heterocycles. The molecule has 0 bridgehead atoms. The van der Waals surface area contributed by atoms with Crippen molar-refractivity contribution in [1.29, 1.82) is 0 Å². The Kier molecular flexibility index (Phi) is 4.42. The molecule has 0 aromatic heterocycles. The normalized spacial score (nSPS) is 21.6. The van der Waals surface area contributed by atoms with Gasteiger partial charge in [0.25, 0.3) is 0 Å². The fourth-order valence-corrected chi connectivity index (χ4v) is 3.29. The molecule has 1 saturated heterocycles. The molecule has 3 nitrogen and oxygen atoms in total. The third-order valence-electron chi connectivity index (χ3n) is 4.78. The van der Waals surface area contributed by atoms with E-state index in [9.17, 15) is 4.79 Å². The number of rotatable bonds is 4. The van der Waals surface area contributed by atoms with E-state index in [0.717, 1.165) is 44.5 Å². The topological polar surface area (TPSA) is 38.3 Å². The summed E-state index contributed by atoms with van der Waals surface area (Å²) in [4.78, 5) is 12.8. The molecule has 1 aliphatic carbocycles. The molecule has 2 aliphatic rings. The highest BCUT2D eigenvalue weighted by molar-refractivity contribution is 6.30. The molecule has 1 N–H and O–H groups in total. The van der Waals surface area contributed by atoms with Gasteiger partial charge in [-0.15, -0.1) is 6.42 Å². The monoisotopic (exact) mass is 317 g/mol. The van der Waals surface area contributed by atoms with Crippen LogP contribution < -0.4 is 5.32 Å². The van der Waals surface area contributed by atoms with Gasteiger partial charge in [0.1, 0.15) is 0 Å². The molecule has 3 rings (SSSR count). The molecule has 1 atom stereocenters. The molecule has 1 aromatic carbocycles. The molecule has 1 aromatic rings. The van der Waals surface area contributed by atoms with Crippen molar-refractivity contribution < 1.29 is 9.53 Å². The molecule has 0 spiro atoms. The summed E-state index contributed by atoms with van der Waals surface area (Å²) in [5, 5.41) is 3.77. The van der Waals surface area contributed by atoms with E-state index in [4.69, 9.17) is 22.8 Å². The lowest BCUT2D eigenvalue weighted by molar-refractivity contribution is -0.124. The zero-order chi connectivity index (χ0) is 15.6. The van der Waals surface area contributed by atoms with Gasteiger partial charge in [-0.25, -0.2) is 0 Å². The van der Waals surface area contributed by atoms with Gasteiger partial charge in [0, 0.05) is 18.2 Å². The maximum atomic E-state index is 12.8. The van der Waals surface area contributed by atoms with Gasteiger partial charge in [-0.2, -0.15) is 0 Å². The first-order chi connectivity index (χ1) is 10.7. The van der Waals surface area contributed by atoms with Gasteiger partial charge in [0.15, 0.2) is 0 Å². The van der Waals surface area contributed by atoms with Crippen molar-refractivity contribution in [3.05, 3.63) is 34.9 Å². The number of amides is 1. The predicted octanol–water partition coefficient (Wildman–Crippen LogP) is 2.92. The van der Waals surface area contributed by atoms with E-state index >= 15 is 0 Å². The molecule has 22 heavy (non-hydrogen) atoms. The lowest BCUT2D eigenvalue weighted by Gasteiger charge is -2.29. The Balaban J connectivity index is 1.70. The Morgan fingerprint density at radius 1 is 1.32 bits per heavy atom. The van der Waals surface area contributed by atoms with E-state index < -0.39 is 5.41 Å². The van der Waals surface area contributed by atoms with E-state index in [1.165, 1.54) is 0 Å². The summed E-state index contributed by atoms with van der Waals surface area (Å²) in [5.41, 5.74) is 0.613. The van der Waals surface area contributed by atoms with Crippen molar-refractivity contribution in [2.45, 2.75) is 37.1 Å². The first-order valence-corrected chi connectivity index (χ1v) is 8.14. The van der Waals surface area contributed by atoms with Crippen LogP contribution >= 0.6 is 11.6 Å². The van der Waals surface area contributed by atoms with Crippen LogP contribution in [-0.2, 0) is 14.9 Å². The largest absolute Gasteiger partial charge is 0.381 e. The highest BCUT2D eigenvalue weighted by Gasteiger charge is 2.51. The second-order valence-corrected chi connectivity index (χ2v) is 6.59. The van der Waals surface area contributed by atoms with Crippen LogP contribution in [0.15, 0.2) is 24.3 Å². The first kappa shape index (κ1) is 15.4. The minimum absolute atomic E-state index is 0.0456. The SMILES string of the molecule is C#CC(NC(=O)C1(c2ccc(Cl)cc2)CC1)C1CCOCC1. The van der Waals surface area contributed by atoms with Crippen molar-refractivity contribution in [3.8, 4) is 12.3 Å². The molecule has 116 valence electrons. The van der Waals surface area contributed by atoms with E-state index in [1.54, 1.807) is 0 Å². The van der Waals surface area contributed by atoms with Gasteiger partial charge in [-0.05, 0) is 49.3 Å². The minimum atomic E-state index is -0.412. The van der Waals surface area contributed by atoms with Crippen molar-refractivity contribution in [3.63, 3.8) is 0 Å². The summed E-state index contributed by atoms with van der Waals surface area (Å²) in [6.45, 7) is 1.45. The van der Waals surface area contributed by atoms with E-state index in [1.807, 2.05) is 24.3 Å². The second kappa shape index (κ2) is 6.32. The number of halogens is 1. The van der Waals surface area contributed by atoms with Gasteiger partial charge in [-0.1, -0.05) is 29.7 Å². The Labute approximate surface area is 136 Å². The number of hydrogen-bond acceptors (Lipinski definition) is 2. The molecule has 1 unspecified atom stereocenters. The summed E-state index contributed by atoms with van der Waals surface area (Å²) in [7, 11) is 0. The number of benzene rings is 1. The highest BCUT2D eigenvalue weighted by atomic mass is 35.5. The average molecular weight is 318 g/mol. The quantitative estimate of drug-likeness (QED) is 0.867. The molecule has 2 fully saturated rings. The molecule has 1 aliphatic heterocycles. The van der Waals surface area contributed by atoms with Crippen molar-refractivity contribution in [2.75, 3.05) is 13.2 Å². The first-order valence-electron chi connectivity index (χ1n) is 7.76. The zero-order valence-corrected chi connectivity index (χ0v) is 13.2. The third kappa shape index (κ3) is 2.99. The van der Waals surface area contributed by atoms with Crippen LogP contribution in [0.25, 0.3) is 0 Å². The maximum absolute atomic E-state index is 12.8. The fourth-order valence-electron chi connectivity index (χ4n) is 3.16. The summed E-state index contributed by atoms with van der Waals surface area (Å²) in [5.74, 6) is 3.11. The van der Waals surface area contributed by atoms with Crippen LogP contribution in [0.2, 0.25) is 5.02 Å². The van der Waals surface area contributed by atoms with Crippen molar-refractivity contribution in [2.24, 2.45) is 5.92 Å². The number of nitrogens with one attached hydrogen (secondary N) is 1. The summed E-state index contributed by atoms with van der Waals surface area (Å²) in [6, 6.07) is 7.34. The van der Waals surface area contributed by atoms with Gasteiger partial charge in [0.05, 0.1) is 11.5 Å². The number of carbonyl (C=O) groups excluding carboxylic acids is 1. The number of ether oxygens (including phenoxy) is 1. The van der Waals surface area contributed by atoms with Gasteiger partial charge in [0.2, 0.25) is 5.91 Å². The molecule has 0 radical (unpaired) electrons. The Morgan fingerprint density at radius 3 is 2.50 bits per heavy atom. The molecule has 4 heteroatoms. The molecular formula is C18H20ClNO2. The second-order valence-electron chi connectivity index (χ2n) is 6.16. The number of hydrogen-bond donors (Lipinski definition) is 1. The summed E-state index contributed by atoms with van der Waals surface area (Å²) >= 11 is 5.93. The Hall–Kier alpha value is -1.50. The smallest absolute Gasteiger partial charge is 0.231 e. The van der Waals surface area contributed by atoms with Crippen LogP contribution in [0.1, 0.15) is 31.2 Å². The van der Waals surface area contributed by atoms with Crippen molar-refractivity contribution in [1.82, 2.24) is 5.32 Å². The van der Waals surface area contributed by atoms with Gasteiger partial charge >= 0.3 is 0 Å². The fraction of sp³-hybridized carbons (Fsp3) is 0.500. The van der Waals surface area contributed by atoms with Crippen molar-refractivity contribution >= 4 is 17.5 Å². The lowest BCUT2D eigenvalue weighted by Crippen LogP contribution is -2.45. The van der Waals surface area contributed by atoms with E-state index in [0.29, 0.717) is 10.9 Å². The van der Waals surface area contributed by atoms with E-state index in [2.05, 4.69) is 11.2 Å². The van der Waals surface area contributed by atoms with Gasteiger partial charge < -0.3 is 10.1 Å². The van der Waals surface area contributed by atoms with Crippen LogP contribution in [0.3, 0.4) is 0 Å². The van der Waals surface area contributed by atoms with Crippen LogP contribution in [0.4, 0.5) is 0 Å². The summed E-state index contributed by atoms with van der Waals surface area (Å²) in [6.07, 6.45) is 9.20. The van der Waals surface area contributed by atoms with E-state index in [-0.39, 0.29) is 11.9 Å². The standard InChI is InChI=1S/C18H20ClNO2/c1-2-16(13-7-11-22-12-8-13)20-17(21)18(9-10-18)14-3-5-15(19)6-4-14/h1,3-6,13,16H,7-12H2,(H,20,21). The Morgan fingerprint density at radius 2 is 1.95 bits per heavy atom. The molecular weight excluding hydrogens is 298 g/mol. The Bertz CT molecular complexity index is 580. The number of terminal acetylenes is 1. The average Bonchev–Trinajstić information content (AvgIpc) is 3.36. The summed E-state index contributed by atoms with van der Waals surface area (Å²) < 4.78 is 5.37. The predicted molar refractivity (Wildman–Crippen MR) is 86.7 cm³/mol. The van der Waals surface area contributed by atoms with Crippen LogP contribution in [0.5, 0.6) is 0 Å². The zero-order valence-electron chi connectivity index (χ0n) is 12.5. The minimum Gasteiger partial charge on any atom is -0.381 e. The van der Waals surface area contributed by atoms with Gasteiger partial charge in [-0.3, -0.25) is 4.79 Å². The molecule has 1 saturated carbocycles. The van der Waals surface area contributed by atoms with Crippen LogP contribution in [0, 0.1) is 18.3 Å². The maximum Gasteiger partial charge on any atom is 0.231 e. The lowest BCUT2D eigenvalue weighted by atomic mass is 9.90.